The monoisotopic (exact) mass is 272 g/mol. The summed E-state index contributed by atoms with van der Waals surface area (Å²) in [4.78, 5) is 0. The van der Waals surface area contributed by atoms with Crippen LogP contribution in [-0.4, -0.2) is 24.4 Å². The third kappa shape index (κ3) is 3.26. The maximum Gasteiger partial charge on any atom is 0.167 e. The molecule has 0 bridgehead atoms. The highest BCUT2D eigenvalue weighted by Gasteiger charge is 2.14. The Kier molecular flexibility index (Phi) is 4.14. The Hall–Kier alpha value is -1.65. The van der Waals surface area contributed by atoms with E-state index in [0.717, 1.165) is 43.2 Å². The molecule has 0 unspecified atom stereocenters. The van der Waals surface area contributed by atoms with E-state index in [1.165, 1.54) is 12.0 Å². The Morgan fingerprint density at radius 2 is 2.15 bits per heavy atom. The van der Waals surface area contributed by atoms with Crippen LogP contribution in [-0.2, 0) is 11.3 Å². The van der Waals surface area contributed by atoms with Gasteiger partial charge in [0.15, 0.2) is 5.76 Å². The van der Waals surface area contributed by atoms with Gasteiger partial charge in [-0.25, -0.2) is 0 Å². The van der Waals surface area contributed by atoms with Crippen molar-refractivity contribution >= 4 is 0 Å². The van der Waals surface area contributed by atoms with Gasteiger partial charge in [0, 0.05) is 30.8 Å². The van der Waals surface area contributed by atoms with Crippen molar-refractivity contribution in [2.45, 2.75) is 32.4 Å². The highest BCUT2D eigenvalue weighted by Crippen LogP contribution is 2.20. The first-order valence-electron chi connectivity index (χ1n) is 7.15. The molecule has 1 N–H and O–H groups in total. The van der Waals surface area contributed by atoms with Gasteiger partial charge in [0.25, 0.3) is 0 Å². The van der Waals surface area contributed by atoms with E-state index in [1.54, 1.807) is 0 Å². The van der Waals surface area contributed by atoms with Gasteiger partial charge in [0.05, 0.1) is 12.3 Å². The van der Waals surface area contributed by atoms with Gasteiger partial charge in [0.1, 0.15) is 0 Å². The number of rotatable bonds is 4. The molecule has 1 atom stereocenters. The van der Waals surface area contributed by atoms with E-state index in [0.29, 0.717) is 6.04 Å². The van der Waals surface area contributed by atoms with E-state index in [1.807, 2.05) is 6.07 Å². The predicted molar refractivity (Wildman–Crippen MR) is 77.4 cm³/mol. The lowest BCUT2D eigenvalue weighted by atomic mass is 10.1. The van der Waals surface area contributed by atoms with Gasteiger partial charge in [0.2, 0.25) is 0 Å². The molecule has 0 saturated carbocycles. The fraction of sp³-hybridized carbons (Fsp3) is 0.438. The molecular formula is C16H20N2O2. The maximum atomic E-state index is 5.45. The van der Waals surface area contributed by atoms with E-state index in [2.05, 4.69) is 41.7 Å². The number of hydrogen-bond acceptors (Lipinski definition) is 4. The first kappa shape index (κ1) is 13.3. The molecule has 0 aliphatic carbocycles. The van der Waals surface area contributed by atoms with Crippen molar-refractivity contribution in [1.82, 2.24) is 10.5 Å². The Labute approximate surface area is 119 Å². The van der Waals surface area contributed by atoms with Crippen molar-refractivity contribution in [3.05, 3.63) is 41.6 Å². The molecule has 3 rings (SSSR count). The zero-order valence-electron chi connectivity index (χ0n) is 11.8. The summed E-state index contributed by atoms with van der Waals surface area (Å²) in [7, 11) is 0. The SMILES string of the molecule is Cc1ccc(-c2cc(CN[C@H]3CCCOC3)no2)cc1. The van der Waals surface area contributed by atoms with E-state index in [-0.39, 0.29) is 0 Å². The first-order chi connectivity index (χ1) is 9.81. The molecule has 20 heavy (non-hydrogen) atoms. The molecular weight excluding hydrogens is 252 g/mol. The van der Waals surface area contributed by atoms with E-state index < -0.39 is 0 Å². The lowest BCUT2D eigenvalue weighted by Gasteiger charge is -2.22. The Bertz CT molecular complexity index is 542. The Morgan fingerprint density at radius 3 is 2.90 bits per heavy atom. The van der Waals surface area contributed by atoms with Crippen LogP contribution in [0.5, 0.6) is 0 Å². The molecule has 2 heterocycles. The van der Waals surface area contributed by atoms with Gasteiger partial charge in [-0.05, 0) is 19.8 Å². The standard InChI is InChI=1S/C16H20N2O2/c1-12-4-6-13(7-5-12)16-9-15(18-20-16)10-17-14-3-2-8-19-11-14/h4-7,9,14,17H,2-3,8,10-11H2,1H3/t14-/m0/s1. The molecule has 0 amide bonds. The summed E-state index contributed by atoms with van der Waals surface area (Å²) in [6.07, 6.45) is 2.30. The fourth-order valence-corrected chi connectivity index (χ4v) is 2.40. The lowest BCUT2D eigenvalue weighted by Crippen LogP contribution is -2.36. The summed E-state index contributed by atoms with van der Waals surface area (Å²) in [6.45, 7) is 4.48. The van der Waals surface area contributed by atoms with Gasteiger partial charge in [-0.2, -0.15) is 0 Å². The van der Waals surface area contributed by atoms with Crippen molar-refractivity contribution < 1.29 is 9.26 Å². The van der Waals surface area contributed by atoms with Crippen LogP contribution in [0.2, 0.25) is 0 Å². The smallest absolute Gasteiger partial charge is 0.167 e. The second kappa shape index (κ2) is 6.20. The third-order valence-electron chi connectivity index (χ3n) is 3.63. The summed E-state index contributed by atoms with van der Waals surface area (Å²) >= 11 is 0. The number of ether oxygens (including phenoxy) is 1. The maximum absolute atomic E-state index is 5.45. The second-order valence-electron chi connectivity index (χ2n) is 5.34. The summed E-state index contributed by atoms with van der Waals surface area (Å²) in [5.41, 5.74) is 3.24. The van der Waals surface area contributed by atoms with Crippen LogP contribution in [0.3, 0.4) is 0 Å². The fourth-order valence-electron chi connectivity index (χ4n) is 2.40. The molecule has 2 aromatic rings. The topological polar surface area (TPSA) is 47.3 Å². The van der Waals surface area contributed by atoms with Gasteiger partial charge in [-0.1, -0.05) is 35.0 Å². The third-order valence-corrected chi connectivity index (χ3v) is 3.63. The van der Waals surface area contributed by atoms with Crippen molar-refractivity contribution in [2.75, 3.05) is 13.2 Å². The van der Waals surface area contributed by atoms with Crippen molar-refractivity contribution in [3.63, 3.8) is 0 Å². The van der Waals surface area contributed by atoms with Crippen molar-refractivity contribution in [1.29, 1.82) is 0 Å². The summed E-state index contributed by atoms with van der Waals surface area (Å²) in [5.74, 6) is 0.821. The largest absolute Gasteiger partial charge is 0.380 e. The van der Waals surface area contributed by atoms with E-state index >= 15 is 0 Å². The second-order valence-corrected chi connectivity index (χ2v) is 5.34. The number of aromatic nitrogens is 1. The lowest BCUT2D eigenvalue weighted by molar-refractivity contribution is 0.0697. The van der Waals surface area contributed by atoms with Crippen molar-refractivity contribution in [3.8, 4) is 11.3 Å². The van der Waals surface area contributed by atoms with Crippen LogP contribution in [0, 0.1) is 6.92 Å². The quantitative estimate of drug-likeness (QED) is 0.929. The first-order valence-corrected chi connectivity index (χ1v) is 7.15. The predicted octanol–water partition coefficient (Wildman–Crippen LogP) is 2.92. The molecule has 0 spiro atoms. The van der Waals surface area contributed by atoms with Crippen molar-refractivity contribution in [2.24, 2.45) is 0 Å². The van der Waals surface area contributed by atoms with Crippen LogP contribution >= 0.6 is 0 Å². The molecule has 1 aromatic heterocycles. The zero-order chi connectivity index (χ0) is 13.8. The van der Waals surface area contributed by atoms with Gasteiger partial charge in [-0.15, -0.1) is 0 Å². The molecule has 1 aliphatic rings. The van der Waals surface area contributed by atoms with Crippen LogP contribution in [0.4, 0.5) is 0 Å². The summed E-state index contributed by atoms with van der Waals surface area (Å²) < 4.78 is 10.9. The normalized spacial score (nSPS) is 19.1. The highest BCUT2D eigenvalue weighted by molar-refractivity contribution is 5.57. The molecule has 4 heteroatoms. The number of benzene rings is 1. The molecule has 1 aromatic carbocycles. The number of nitrogens with one attached hydrogen (secondary N) is 1. The van der Waals surface area contributed by atoms with Gasteiger partial charge in [-0.3, -0.25) is 0 Å². The average molecular weight is 272 g/mol. The minimum atomic E-state index is 0.434. The zero-order valence-corrected chi connectivity index (χ0v) is 11.8. The molecule has 106 valence electrons. The highest BCUT2D eigenvalue weighted by atomic mass is 16.5. The Balaban J connectivity index is 1.60. The number of aryl methyl sites for hydroxylation is 1. The van der Waals surface area contributed by atoms with E-state index in [4.69, 9.17) is 9.26 Å². The minimum Gasteiger partial charge on any atom is -0.380 e. The molecule has 1 fully saturated rings. The Morgan fingerprint density at radius 1 is 1.30 bits per heavy atom. The van der Waals surface area contributed by atoms with Crippen LogP contribution < -0.4 is 5.32 Å². The molecule has 4 nitrogen and oxygen atoms in total. The van der Waals surface area contributed by atoms with Gasteiger partial charge < -0.3 is 14.6 Å². The summed E-state index contributed by atoms with van der Waals surface area (Å²) in [6, 6.07) is 10.7. The number of hydrogen-bond donors (Lipinski definition) is 1. The van der Waals surface area contributed by atoms with Crippen LogP contribution in [0.1, 0.15) is 24.1 Å². The van der Waals surface area contributed by atoms with Crippen LogP contribution in [0.15, 0.2) is 34.9 Å². The average Bonchev–Trinajstić information content (AvgIpc) is 2.96. The number of nitrogens with zero attached hydrogens (tertiary/aromatic N) is 1. The van der Waals surface area contributed by atoms with Crippen LogP contribution in [0.25, 0.3) is 11.3 Å². The van der Waals surface area contributed by atoms with E-state index in [9.17, 15) is 0 Å². The molecule has 1 saturated heterocycles. The molecule has 0 radical (unpaired) electrons. The molecule has 1 aliphatic heterocycles. The summed E-state index contributed by atoms with van der Waals surface area (Å²) in [5, 5.41) is 7.59. The minimum absolute atomic E-state index is 0.434. The van der Waals surface area contributed by atoms with Gasteiger partial charge >= 0.3 is 0 Å².